The van der Waals surface area contributed by atoms with Gasteiger partial charge in [0.2, 0.25) is 10.0 Å². The van der Waals surface area contributed by atoms with E-state index in [-0.39, 0.29) is 64.8 Å². The molecule has 394 valence electrons. The lowest BCUT2D eigenvalue weighted by molar-refractivity contribution is -0.123. The second-order valence-corrected chi connectivity index (χ2v) is 24.8. The quantitative estimate of drug-likeness (QED) is 0.219. The summed E-state index contributed by atoms with van der Waals surface area (Å²) in [5.74, 6) is 3.27. The molecule has 0 saturated carbocycles. The van der Waals surface area contributed by atoms with Gasteiger partial charge in [-0.05, 0) is 41.6 Å². The third-order valence-electron chi connectivity index (χ3n) is 4.12. The molecule has 0 aliphatic carbocycles. The molecule has 20 nitrogen and oxygen atoms in total. The standard InChI is InChI=1S/C4H5NO2.C4H6O3S.C4H4O3S.6C4H10.C3H5NO3S.C2H2N2O2.C2H2N2OS/c1-3-2-4(6)5-7-3;2*5-4-1-2-8(6,7)3-4;6*1-4(2)3;5-3-1-4-8(6,7)2-3;5-2-3-1-4-6-2;5-2-1-3-6-4-2/h1-2H2,(H,5,6);1-3H2;1-2H,3H2;6*4H,1-3H3;4H,1-2H2;1H,(H,3,4,5);1H,(H,4,5). The van der Waals surface area contributed by atoms with Crippen molar-refractivity contribution in [1.29, 1.82) is 0 Å². The summed E-state index contributed by atoms with van der Waals surface area (Å²) in [6, 6.07) is 0. The molecule has 2 aromatic heterocycles. The highest BCUT2D eigenvalue weighted by molar-refractivity contribution is 7.95. The second-order valence-electron chi connectivity index (χ2n) is 18.4. The van der Waals surface area contributed by atoms with E-state index in [9.17, 15) is 54.0 Å². The van der Waals surface area contributed by atoms with Gasteiger partial charge in [0.15, 0.2) is 31.2 Å². The number of amides is 1. The summed E-state index contributed by atoms with van der Waals surface area (Å²) in [7, 11) is -9.27. The number of sulfone groups is 2. The molecule has 3 saturated heterocycles. The maximum atomic E-state index is 10.4. The van der Waals surface area contributed by atoms with Gasteiger partial charge in [0, 0.05) is 23.6 Å². The van der Waals surface area contributed by atoms with Crippen molar-refractivity contribution >= 4 is 64.7 Å². The first-order chi connectivity index (χ1) is 30.3. The number of aromatic nitrogens is 4. The summed E-state index contributed by atoms with van der Waals surface area (Å²) in [4.78, 5) is 67.2. The number of Topliss-reactive ketones (excluding diaryl/α,β-unsaturated/α-hetero) is 2. The molecular formula is C43H84N6O14S4. The minimum absolute atomic E-state index is 0.0255. The van der Waals surface area contributed by atoms with Crippen LogP contribution < -0.4 is 21.5 Å². The number of hydrogen-bond donors (Lipinski definition) is 4. The van der Waals surface area contributed by atoms with E-state index >= 15 is 0 Å². The molecule has 24 heteroatoms. The van der Waals surface area contributed by atoms with E-state index in [4.69, 9.17) is 0 Å². The molecule has 0 radical (unpaired) electrons. The summed E-state index contributed by atoms with van der Waals surface area (Å²) in [6.45, 7) is 42.4. The van der Waals surface area contributed by atoms with Gasteiger partial charge in [-0.3, -0.25) is 37.9 Å². The number of aromatic amines is 2. The van der Waals surface area contributed by atoms with E-state index in [2.05, 4.69) is 170 Å². The number of rotatable bonds is 0. The largest absolute Gasteiger partial charge is 0.438 e. The number of sulfonamides is 1. The van der Waals surface area contributed by atoms with Crippen LogP contribution in [0.2, 0.25) is 0 Å². The molecule has 4 N–H and O–H groups in total. The first kappa shape index (κ1) is 74.4. The van der Waals surface area contributed by atoms with Gasteiger partial charge in [0.25, 0.3) is 11.5 Å². The summed E-state index contributed by atoms with van der Waals surface area (Å²) in [5, 5.41) is 4.02. The van der Waals surface area contributed by atoms with E-state index in [1.807, 2.05) is 0 Å². The average molecular weight is 1040 g/mol. The van der Waals surface area contributed by atoms with Crippen LogP contribution in [0, 0.1) is 35.5 Å². The van der Waals surface area contributed by atoms with Crippen LogP contribution in [-0.2, 0) is 53.7 Å². The summed E-state index contributed by atoms with van der Waals surface area (Å²) in [6.07, 6.45) is 4.03. The van der Waals surface area contributed by atoms with E-state index in [1.54, 1.807) is 0 Å². The van der Waals surface area contributed by atoms with Crippen molar-refractivity contribution in [2.45, 2.75) is 137 Å². The fraction of sp³-hybridized carbons (Fsp3) is 0.721. The van der Waals surface area contributed by atoms with Crippen LogP contribution in [0.25, 0.3) is 0 Å². The molecule has 3 fully saturated rings. The lowest BCUT2D eigenvalue weighted by atomic mass is 10.3. The molecule has 1 amide bonds. The Bertz CT molecular complexity index is 1880. The smallest absolute Gasteiger partial charge is 0.384 e. The molecular weight excluding hydrogens is 953 g/mol. The van der Waals surface area contributed by atoms with Crippen molar-refractivity contribution in [2.24, 2.45) is 35.5 Å². The zero-order valence-corrected chi connectivity index (χ0v) is 46.4. The van der Waals surface area contributed by atoms with Crippen LogP contribution >= 0.6 is 11.7 Å². The molecule has 2 aromatic rings. The van der Waals surface area contributed by atoms with Gasteiger partial charge in [0.1, 0.15) is 41.3 Å². The fourth-order valence-corrected chi connectivity index (χ4v) is 5.99. The maximum Gasteiger partial charge on any atom is 0.438 e. The third kappa shape index (κ3) is 82.4. The van der Waals surface area contributed by atoms with Gasteiger partial charge in [-0.2, -0.15) is 9.85 Å². The minimum Gasteiger partial charge on any atom is -0.384 e. The molecule has 6 heterocycles. The fourth-order valence-electron chi connectivity index (χ4n) is 2.37. The number of nitrogens with one attached hydrogen (secondary N) is 4. The van der Waals surface area contributed by atoms with E-state index < -0.39 is 35.5 Å². The van der Waals surface area contributed by atoms with Crippen molar-refractivity contribution in [3.05, 3.63) is 57.3 Å². The Hall–Kier alpha value is -4.13. The molecule has 6 rings (SSSR count). The summed E-state index contributed by atoms with van der Waals surface area (Å²) < 4.78 is 74.0. The van der Waals surface area contributed by atoms with Gasteiger partial charge in [-0.25, -0.2) is 34.8 Å². The minimum atomic E-state index is -3.20. The third-order valence-corrected chi connectivity index (χ3v) is 8.74. The zero-order valence-electron chi connectivity index (χ0n) is 43.2. The van der Waals surface area contributed by atoms with Crippen molar-refractivity contribution < 1.29 is 53.8 Å². The van der Waals surface area contributed by atoms with Crippen molar-refractivity contribution in [3.63, 3.8) is 0 Å². The molecule has 0 bridgehead atoms. The molecule has 0 spiro atoms. The number of hydroxylamine groups is 1. The SMILES string of the molecule is C=C1CC(=O)NO1.CC(C)C.CC(C)C.CC(C)C.CC(C)C.CC(C)C.CC(C)C.O=C1C=CS(=O)(=O)C1.O=C1CCS(=O)(=O)C1.O=C1CNS(=O)(=O)C1.O=c1[nH]cno1.O=c1cns[nH]1. The van der Waals surface area contributed by atoms with Gasteiger partial charge in [0.05, 0.1) is 18.7 Å². The van der Waals surface area contributed by atoms with Gasteiger partial charge >= 0.3 is 5.76 Å². The molecule has 4 aliphatic rings. The summed E-state index contributed by atoms with van der Waals surface area (Å²) >= 11 is 1.05. The van der Waals surface area contributed by atoms with Crippen LogP contribution in [-0.4, -0.2) is 97.0 Å². The lowest BCUT2D eigenvalue weighted by Gasteiger charge is -1.87. The van der Waals surface area contributed by atoms with Crippen LogP contribution in [0.1, 0.15) is 137 Å². The predicted octanol–water partition coefficient (Wildman–Crippen LogP) is 6.48. The monoisotopic (exact) mass is 1040 g/mol. The number of allylic oxidation sites excluding steroid dienone is 1. The Balaban J connectivity index is -0.000000153. The Kier molecular flexibility index (Phi) is 47.9. The second kappa shape index (κ2) is 43.2. The first-order valence-corrected chi connectivity index (χ1v) is 27.5. The Morgan fingerprint density at radius 2 is 1.10 bits per heavy atom. The Morgan fingerprint density at radius 3 is 1.19 bits per heavy atom. The van der Waals surface area contributed by atoms with Gasteiger partial charge in [-0.1, -0.05) is 136 Å². The van der Waals surface area contributed by atoms with Crippen LogP contribution in [0.5, 0.6) is 0 Å². The van der Waals surface area contributed by atoms with Gasteiger partial charge in [-0.15, -0.1) is 0 Å². The molecule has 0 unspecified atom stereocenters. The molecule has 67 heavy (non-hydrogen) atoms. The zero-order chi connectivity index (χ0) is 54.1. The normalized spacial score (nSPS) is 15.9. The average Bonchev–Trinajstić information content (AvgIpc) is 3.98. The van der Waals surface area contributed by atoms with E-state index in [0.717, 1.165) is 58.7 Å². The molecule has 0 atom stereocenters. The van der Waals surface area contributed by atoms with Gasteiger partial charge < -0.3 is 4.84 Å². The van der Waals surface area contributed by atoms with Crippen molar-refractivity contribution in [2.75, 3.05) is 29.6 Å². The number of carbonyl (C=O) groups is 4. The van der Waals surface area contributed by atoms with E-state index in [0.29, 0.717) is 12.2 Å². The number of carbonyl (C=O) groups excluding carboxylic acids is 4. The van der Waals surface area contributed by atoms with Crippen LogP contribution in [0.3, 0.4) is 0 Å². The maximum absolute atomic E-state index is 10.4. The molecule has 0 aromatic carbocycles. The van der Waals surface area contributed by atoms with Crippen LogP contribution in [0.4, 0.5) is 0 Å². The Labute approximate surface area is 405 Å². The number of nitrogens with zero attached hydrogens (tertiary/aromatic N) is 2. The van der Waals surface area contributed by atoms with Crippen LogP contribution in [0.15, 0.2) is 50.5 Å². The number of ketones is 3. The van der Waals surface area contributed by atoms with E-state index in [1.165, 1.54) is 12.5 Å². The van der Waals surface area contributed by atoms with Crippen molar-refractivity contribution in [1.82, 2.24) is 29.1 Å². The highest BCUT2D eigenvalue weighted by Gasteiger charge is 2.25. The lowest BCUT2D eigenvalue weighted by Crippen LogP contribution is -2.15. The highest BCUT2D eigenvalue weighted by Crippen LogP contribution is 2.05. The predicted molar refractivity (Wildman–Crippen MR) is 269 cm³/mol. The topological polar surface area (TPSA) is 309 Å². The number of hydrogen-bond acceptors (Lipinski definition) is 17. The Morgan fingerprint density at radius 1 is 0.657 bits per heavy atom. The first-order valence-electron chi connectivity index (χ1n) is 21.5. The highest BCUT2D eigenvalue weighted by atomic mass is 32.2. The molecule has 4 aliphatic heterocycles. The van der Waals surface area contributed by atoms with Crippen molar-refractivity contribution in [3.8, 4) is 0 Å². The summed E-state index contributed by atoms with van der Waals surface area (Å²) in [5.41, 5.74) is 2.01. The number of H-pyrrole nitrogens is 2.